The molecule has 1 N–H and O–H groups in total. The quantitative estimate of drug-likeness (QED) is 0.625. The molecule has 2 fully saturated rings. The van der Waals surface area contributed by atoms with Crippen LogP contribution in [0.3, 0.4) is 0 Å². The van der Waals surface area contributed by atoms with Crippen LogP contribution < -0.4 is 15.0 Å². The number of aromatic nitrogens is 4. The van der Waals surface area contributed by atoms with E-state index in [0.29, 0.717) is 5.82 Å². The van der Waals surface area contributed by atoms with E-state index in [9.17, 15) is 4.39 Å². The van der Waals surface area contributed by atoms with Gasteiger partial charge in [0.25, 0.3) is 0 Å². The van der Waals surface area contributed by atoms with Crippen LogP contribution in [0.1, 0.15) is 25.7 Å². The molecule has 1 aliphatic carbocycles. The van der Waals surface area contributed by atoms with E-state index in [1.807, 2.05) is 0 Å². The number of hydrogen-bond donors (Lipinski definition) is 1. The van der Waals surface area contributed by atoms with Crippen LogP contribution in [0.25, 0.3) is 11.0 Å². The first kappa shape index (κ1) is 19.9. The Morgan fingerprint density at radius 3 is 2.58 bits per heavy atom. The number of halogens is 1. The lowest BCUT2D eigenvalue weighted by Crippen LogP contribution is -2.36. The van der Waals surface area contributed by atoms with Crippen molar-refractivity contribution in [2.75, 3.05) is 36.5 Å². The van der Waals surface area contributed by atoms with Gasteiger partial charge in [0, 0.05) is 49.3 Å². The van der Waals surface area contributed by atoms with Crippen LogP contribution in [0.15, 0.2) is 36.9 Å². The van der Waals surface area contributed by atoms with E-state index in [0.717, 1.165) is 74.5 Å². The summed E-state index contributed by atoms with van der Waals surface area (Å²) < 4.78 is 25.2. The van der Waals surface area contributed by atoms with Crippen molar-refractivity contribution in [1.82, 2.24) is 19.9 Å². The molecule has 2 aromatic heterocycles. The van der Waals surface area contributed by atoms with Gasteiger partial charge in [-0.1, -0.05) is 0 Å². The van der Waals surface area contributed by atoms with Crippen molar-refractivity contribution >= 4 is 22.5 Å². The van der Waals surface area contributed by atoms with Crippen molar-refractivity contribution < 1.29 is 13.9 Å². The number of rotatable bonds is 5. The Morgan fingerprint density at radius 1 is 0.968 bits per heavy atom. The summed E-state index contributed by atoms with van der Waals surface area (Å²) in [6.07, 6.45) is 8.38. The normalized spacial score (nSPS) is 21.8. The van der Waals surface area contributed by atoms with Crippen molar-refractivity contribution in [2.45, 2.75) is 37.8 Å². The second kappa shape index (κ2) is 8.97. The van der Waals surface area contributed by atoms with Crippen LogP contribution in [0.2, 0.25) is 0 Å². The average molecular weight is 424 g/mol. The molecule has 31 heavy (non-hydrogen) atoms. The number of nitrogens with one attached hydrogen (secondary N) is 1. The molecule has 9 heteroatoms. The van der Waals surface area contributed by atoms with Gasteiger partial charge in [-0.05, 0) is 31.7 Å². The first-order chi connectivity index (χ1) is 15.2. The smallest absolute Gasteiger partial charge is 0.217 e. The largest absolute Gasteiger partial charge is 0.488 e. The zero-order valence-electron chi connectivity index (χ0n) is 17.2. The van der Waals surface area contributed by atoms with Crippen LogP contribution in [0.4, 0.5) is 15.9 Å². The van der Waals surface area contributed by atoms with E-state index in [4.69, 9.17) is 9.47 Å². The minimum Gasteiger partial charge on any atom is -0.488 e. The molecule has 2 aliphatic rings. The van der Waals surface area contributed by atoms with Gasteiger partial charge in [0.1, 0.15) is 23.4 Å². The molecule has 0 amide bonds. The van der Waals surface area contributed by atoms with Gasteiger partial charge in [-0.3, -0.25) is 4.98 Å². The van der Waals surface area contributed by atoms with Gasteiger partial charge in [-0.15, -0.1) is 0 Å². The van der Waals surface area contributed by atoms with E-state index in [1.54, 1.807) is 12.4 Å². The van der Waals surface area contributed by atoms with Gasteiger partial charge in [0.15, 0.2) is 0 Å². The predicted molar refractivity (Wildman–Crippen MR) is 115 cm³/mol. The highest BCUT2D eigenvalue weighted by atomic mass is 19.1. The molecule has 0 bridgehead atoms. The number of hydrogen-bond acceptors (Lipinski definition) is 8. The van der Waals surface area contributed by atoms with E-state index < -0.39 is 5.95 Å². The molecule has 3 aromatic rings. The van der Waals surface area contributed by atoms with Gasteiger partial charge < -0.3 is 19.7 Å². The highest BCUT2D eigenvalue weighted by Crippen LogP contribution is 2.33. The Morgan fingerprint density at radius 2 is 1.77 bits per heavy atom. The lowest BCUT2D eigenvalue weighted by molar-refractivity contribution is 0.122. The lowest BCUT2D eigenvalue weighted by Gasteiger charge is -2.31. The van der Waals surface area contributed by atoms with Gasteiger partial charge in [0.2, 0.25) is 5.95 Å². The maximum Gasteiger partial charge on any atom is 0.217 e. The highest BCUT2D eigenvalue weighted by molar-refractivity contribution is 5.85. The van der Waals surface area contributed by atoms with Crippen LogP contribution in [-0.2, 0) is 4.74 Å². The molecule has 0 atom stereocenters. The molecule has 162 valence electrons. The second-order valence-corrected chi connectivity index (χ2v) is 7.93. The first-order valence-corrected chi connectivity index (χ1v) is 10.7. The molecule has 0 radical (unpaired) electrons. The van der Waals surface area contributed by atoms with Gasteiger partial charge in [0.05, 0.1) is 24.8 Å². The maximum atomic E-state index is 13.3. The molecule has 3 heterocycles. The summed E-state index contributed by atoms with van der Waals surface area (Å²) in [5, 5.41) is 3.30. The summed E-state index contributed by atoms with van der Waals surface area (Å²) in [6.45, 7) is 3.15. The van der Waals surface area contributed by atoms with Crippen molar-refractivity contribution in [3.63, 3.8) is 0 Å². The van der Waals surface area contributed by atoms with E-state index in [2.05, 4.69) is 42.3 Å². The number of benzene rings is 1. The van der Waals surface area contributed by atoms with Gasteiger partial charge >= 0.3 is 0 Å². The zero-order valence-corrected chi connectivity index (χ0v) is 17.2. The minimum absolute atomic E-state index is 0.102. The van der Waals surface area contributed by atoms with Crippen molar-refractivity contribution in [3.8, 4) is 5.75 Å². The van der Waals surface area contributed by atoms with Crippen molar-refractivity contribution in [1.29, 1.82) is 0 Å². The number of ether oxygens (including phenoxy) is 2. The standard InChI is InChI=1S/C22H25FN6O2/c23-20-13-21(27-14-26-20)28-15-1-3-17(4-2-15)31-19-12-16(29-7-9-30-10-8-29)11-18-22(19)25-6-5-24-18/h5-6,11-15,17H,1-4,7-10H2,(H,26,27,28)/t15-,17+. The van der Waals surface area contributed by atoms with Gasteiger partial charge in [-0.25, -0.2) is 15.0 Å². The van der Waals surface area contributed by atoms with Crippen LogP contribution in [0, 0.1) is 5.95 Å². The van der Waals surface area contributed by atoms with Crippen LogP contribution in [-0.4, -0.2) is 58.4 Å². The Bertz CT molecular complexity index is 1040. The highest BCUT2D eigenvalue weighted by Gasteiger charge is 2.24. The molecule has 5 rings (SSSR count). The molecule has 0 spiro atoms. The summed E-state index contributed by atoms with van der Waals surface area (Å²) in [5.74, 6) is 0.778. The Labute approximate surface area is 179 Å². The molecule has 1 aliphatic heterocycles. The molecule has 1 saturated carbocycles. The van der Waals surface area contributed by atoms with E-state index >= 15 is 0 Å². The zero-order chi connectivity index (χ0) is 21.0. The minimum atomic E-state index is -0.525. The molecule has 1 saturated heterocycles. The monoisotopic (exact) mass is 424 g/mol. The molecular weight excluding hydrogens is 399 g/mol. The van der Waals surface area contributed by atoms with E-state index in [1.165, 1.54) is 12.4 Å². The summed E-state index contributed by atoms with van der Waals surface area (Å²) in [4.78, 5) is 18.9. The third kappa shape index (κ3) is 4.66. The second-order valence-electron chi connectivity index (χ2n) is 7.93. The summed E-state index contributed by atoms with van der Waals surface area (Å²) in [5.41, 5.74) is 2.71. The van der Waals surface area contributed by atoms with Crippen LogP contribution in [0.5, 0.6) is 5.75 Å². The Kier molecular flexibility index (Phi) is 5.75. The molecular formula is C22H25FN6O2. The SMILES string of the molecule is Fc1cc(N[C@H]2CC[C@@H](Oc3cc(N4CCOCC4)cc4nccnc34)CC2)ncn1. The first-order valence-electron chi connectivity index (χ1n) is 10.7. The van der Waals surface area contributed by atoms with Crippen molar-refractivity contribution in [3.05, 3.63) is 42.9 Å². The summed E-state index contributed by atoms with van der Waals surface area (Å²) >= 11 is 0. The number of nitrogens with zero attached hydrogens (tertiary/aromatic N) is 5. The molecule has 8 nitrogen and oxygen atoms in total. The Balaban J connectivity index is 1.28. The number of fused-ring (bicyclic) bond motifs is 1. The summed E-state index contributed by atoms with van der Waals surface area (Å²) in [7, 11) is 0. The molecule has 1 aromatic carbocycles. The van der Waals surface area contributed by atoms with Crippen molar-refractivity contribution in [2.24, 2.45) is 0 Å². The van der Waals surface area contributed by atoms with Crippen LogP contribution >= 0.6 is 0 Å². The maximum absolute atomic E-state index is 13.3. The fourth-order valence-corrected chi connectivity index (χ4v) is 4.25. The topological polar surface area (TPSA) is 85.3 Å². The fourth-order valence-electron chi connectivity index (χ4n) is 4.25. The van der Waals surface area contributed by atoms with E-state index in [-0.39, 0.29) is 12.1 Å². The predicted octanol–water partition coefficient (Wildman–Crippen LogP) is 3.20. The lowest BCUT2D eigenvalue weighted by atomic mass is 9.93. The Hall–Kier alpha value is -3.07. The number of morpholine rings is 1. The average Bonchev–Trinajstić information content (AvgIpc) is 2.81. The summed E-state index contributed by atoms with van der Waals surface area (Å²) in [6, 6.07) is 5.72. The van der Waals surface area contributed by atoms with Gasteiger partial charge in [-0.2, -0.15) is 4.39 Å². The fraction of sp³-hybridized carbons (Fsp3) is 0.455. The molecule has 0 unspecified atom stereocenters. The number of anilines is 2. The third-order valence-electron chi connectivity index (χ3n) is 5.85. The third-order valence-corrected chi connectivity index (χ3v) is 5.85.